The van der Waals surface area contributed by atoms with Crippen molar-refractivity contribution in [3.05, 3.63) is 29.8 Å². The molecule has 0 bridgehead atoms. The number of carboxylic acids is 1. The van der Waals surface area contributed by atoms with Crippen LogP contribution in [0.4, 0.5) is 5.69 Å². The summed E-state index contributed by atoms with van der Waals surface area (Å²) in [6.07, 6.45) is -0.143. The molecule has 1 rings (SSSR count). The van der Waals surface area contributed by atoms with Gasteiger partial charge in [0.25, 0.3) is 0 Å². The molecule has 0 aliphatic heterocycles. The van der Waals surface area contributed by atoms with Crippen LogP contribution in [-0.2, 0) is 20.8 Å². The van der Waals surface area contributed by atoms with Gasteiger partial charge in [0.1, 0.15) is 0 Å². The molecule has 1 aromatic carbocycles. The number of amides is 1. The van der Waals surface area contributed by atoms with E-state index in [0.717, 1.165) is 0 Å². The summed E-state index contributed by atoms with van der Waals surface area (Å²) < 4.78 is 0. The normalized spacial score (nSPS) is 9.56. The second-order valence-electron chi connectivity index (χ2n) is 3.28. The molecule has 0 heterocycles. The van der Waals surface area contributed by atoms with Crippen LogP contribution in [0.1, 0.15) is 12.5 Å². The van der Waals surface area contributed by atoms with Gasteiger partial charge in [0, 0.05) is 19.0 Å². The van der Waals surface area contributed by atoms with Crippen LogP contribution in [0.25, 0.3) is 0 Å². The van der Waals surface area contributed by atoms with Gasteiger partial charge in [0.2, 0.25) is 11.7 Å². The number of ketones is 1. The summed E-state index contributed by atoms with van der Waals surface area (Å²) in [5.74, 6) is -2.48. The molecule has 0 fully saturated rings. The van der Waals surface area contributed by atoms with Crippen LogP contribution in [0, 0.1) is 0 Å². The molecule has 0 atom stereocenters. The predicted molar refractivity (Wildman–Crippen MR) is 57.1 cm³/mol. The molecule has 0 spiro atoms. The number of hydrogen-bond acceptors (Lipinski definition) is 3. The minimum atomic E-state index is -1.44. The maximum Gasteiger partial charge on any atom is 0.372 e. The lowest BCUT2D eigenvalue weighted by Gasteiger charge is -2.03. The molecule has 16 heavy (non-hydrogen) atoms. The highest BCUT2D eigenvalue weighted by molar-refractivity contribution is 6.33. The Kier molecular flexibility index (Phi) is 3.77. The Balaban J connectivity index is 2.68. The summed E-state index contributed by atoms with van der Waals surface area (Å²) in [6, 6.07) is 6.44. The van der Waals surface area contributed by atoms with Crippen molar-refractivity contribution in [3.63, 3.8) is 0 Å². The Bertz CT molecular complexity index is 422. The van der Waals surface area contributed by atoms with Crippen molar-refractivity contribution in [2.75, 3.05) is 5.32 Å². The fourth-order valence-corrected chi connectivity index (χ4v) is 1.17. The first-order valence-electron chi connectivity index (χ1n) is 4.61. The molecule has 1 amide bonds. The van der Waals surface area contributed by atoms with Gasteiger partial charge in [-0.15, -0.1) is 0 Å². The summed E-state index contributed by atoms with van der Waals surface area (Å²) in [4.78, 5) is 31.9. The van der Waals surface area contributed by atoms with E-state index in [1.165, 1.54) is 6.92 Å². The largest absolute Gasteiger partial charge is 0.475 e. The van der Waals surface area contributed by atoms with E-state index in [4.69, 9.17) is 5.11 Å². The highest BCUT2D eigenvalue weighted by Gasteiger charge is 2.11. The van der Waals surface area contributed by atoms with Crippen molar-refractivity contribution < 1.29 is 19.5 Å². The van der Waals surface area contributed by atoms with Crippen molar-refractivity contribution in [3.8, 4) is 0 Å². The maximum atomic E-state index is 10.9. The molecule has 5 nitrogen and oxygen atoms in total. The summed E-state index contributed by atoms with van der Waals surface area (Å²) in [5.41, 5.74) is 1.21. The number of nitrogens with one attached hydrogen (secondary N) is 1. The first-order chi connectivity index (χ1) is 7.49. The second kappa shape index (κ2) is 5.06. The molecular weight excluding hydrogens is 210 g/mol. The molecule has 0 aliphatic carbocycles. The lowest BCUT2D eigenvalue weighted by atomic mass is 10.1. The van der Waals surface area contributed by atoms with Gasteiger partial charge in [0.05, 0.1) is 0 Å². The molecule has 0 saturated carbocycles. The maximum absolute atomic E-state index is 10.9. The van der Waals surface area contributed by atoms with E-state index in [9.17, 15) is 14.4 Å². The van der Waals surface area contributed by atoms with Crippen molar-refractivity contribution in [2.45, 2.75) is 13.3 Å². The number of anilines is 1. The van der Waals surface area contributed by atoms with E-state index in [1.54, 1.807) is 24.3 Å². The smallest absolute Gasteiger partial charge is 0.372 e. The molecule has 0 saturated heterocycles. The number of carbonyl (C=O) groups is 3. The molecule has 0 aromatic heterocycles. The van der Waals surface area contributed by atoms with Crippen molar-refractivity contribution >= 4 is 23.3 Å². The van der Waals surface area contributed by atoms with Gasteiger partial charge in [-0.25, -0.2) is 4.79 Å². The zero-order chi connectivity index (χ0) is 12.1. The Morgan fingerprint density at radius 3 is 2.19 bits per heavy atom. The minimum absolute atomic E-state index is 0.143. The third-order valence-corrected chi connectivity index (χ3v) is 1.88. The Labute approximate surface area is 92.1 Å². The van der Waals surface area contributed by atoms with Gasteiger partial charge in [-0.2, -0.15) is 0 Å². The van der Waals surface area contributed by atoms with Crippen molar-refractivity contribution in [2.24, 2.45) is 0 Å². The van der Waals surface area contributed by atoms with E-state index in [0.29, 0.717) is 11.3 Å². The highest BCUT2D eigenvalue weighted by Crippen LogP contribution is 2.10. The van der Waals surface area contributed by atoms with Crippen LogP contribution >= 0.6 is 0 Å². The Morgan fingerprint density at radius 2 is 1.75 bits per heavy atom. The van der Waals surface area contributed by atoms with E-state index < -0.39 is 11.8 Å². The Morgan fingerprint density at radius 1 is 1.19 bits per heavy atom. The summed E-state index contributed by atoms with van der Waals surface area (Å²) in [6.45, 7) is 1.39. The molecule has 1 aromatic rings. The minimum Gasteiger partial charge on any atom is -0.475 e. The predicted octanol–water partition coefficient (Wildman–Crippen LogP) is 0.841. The van der Waals surface area contributed by atoms with E-state index >= 15 is 0 Å². The molecule has 2 N–H and O–H groups in total. The number of hydrogen-bond donors (Lipinski definition) is 2. The average Bonchev–Trinajstić information content (AvgIpc) is 2.20. The van der Waals surface area contributed by atoms with Crippen LogP contribution < -0.4 is 5.32 Å². The summed E-state index contributed by atoms with van der Waals surface area (Å²) in [5, 5.41) is 11.0. The molecule has 5 heteroatoms. The van der Waals surface area contributed by atoms with Crippen LogP contribution in [0.3, 0.4) is 0 Å². The van der Waals surface area contributed by atoms with E-state index in [1.807, 2.05) is 0 Å². The Hall–Kier alpha value is -2.17. The van der Waals surface area contributed by atoms with Crippen LogP contribution in [-0.4, -0.2) is 22.8 Å². The highest BCUT2D eigenvalue weighted by atomic mass is 16.4. The first kappa shape index (κ1) is 11.9. The van der Waals surface area contributed by atoms with Crippen molar-refractivity contribution in [1.29, 1.82) is 0 Å². The quantitative estimate of drug-likeness (QED) is 0.738. The number of carboxylic acid groups (broad SMARTS) is 1. The number of rotatable bonds is 4. The lowest BCUT2D eigenvalue weighted by Crippen LogP contribution is -2.15. The number of Topliss-reactive ketones (excluding diaryl/α,β-unsaturated/α-hetero) is 1. The van der Waals surface area contributed by atoms with Crippen LogP contribution in [0.5, 0.6) is 0 Å². The number of carbonyl (C=O) groups excluding carboxylic acids is 2. The third kappa shape index (κ3) is 3.53. The third-order valence-electron chi connectivity index (χ3n) is 1.88. The summed E-state index contributed by atoms with van der Waals surface area (Å²) in [7, 11) is 0. The molecular formula is C11H11NO4. The topological polar surface area (TPSA) is 83.5 Å². The fourth-order valence-electron chi connectivity index (χ4n) is 1.17. The monoisotopic (exact) mass is 221 g/mol. The number of aliphatic carboxylic acids is 1. The van der Waals surface area contributed by atoms with Gasteiger partial charge in [-0.1, -0.05) is 12.1 Å². The zero-order valence-electron chi connectivity index (χ0n) is 8.69. The second-order valence-corrected chi connectivity index (χ2v) is 3.28. The van der Waals surface area contributed by atoms with Crippen LogP contribution in [0.15, 0.2) is 24.3 Å². The van der Waals surface area contributed by atoms with Crippen molar-refractivity contribution in [1.82, 2.24) is 0 Å². The van der Waals surface area contributed by atoms with Gasteiger partial charge >= 0.3 is 5.97 Å². The van der Waals surface area contributed by atoms with Gasteiger partial charge < -0.3 is 10.4 Å². The SMILES string of the molecule is CC(=O)Nc1ccc(CC(=O)C(=O)O)cc1. The number of benzene rings is 1. The molecule has 84 valence electrons. The van der Waals surface area contributed by atoms with Gasteiger partial charge in [-0.3, -0.25) is 9.59 Å². The fraction of sp³-hybridized carbons (Fsp3) is 0.182. The first-order valence-corrected chi connectivity index (χ1v) is 4.61. The molecule has 0 aliphatic rings. The lowest BCUT2D eigenvalue weighted by molar-refractivity contribution is -0.148. The average molecular weight is 221 g/mol. The zero-order valence-corrected chi connectivity index (χ0v) is 8.69. The van der Waals surface area contributed by atoms with Gasteiger partial charge in [-0.05, 0) is 17.7 Å². The van der Waals surface area contributed by atoms with Gasteiger partial charge in [0.15, 0.2) is 0 Å². The molecule has 0 unspecified atom stereocenters. The standard InChI is InChI=1S/C11H11NO4/c1-7(13)12-9-4-2-8(3-5-9)6-10(14)11(15)16/h2-5H,6H2,1H3,(H,12,13)(H,15,16). The summed E-state index contributed by atoms with van der Waals surface area (Å²) >= 11 is 0. The van der Waals surface area contributed by atoms with Crippen LogP contribution in [0.2, 0.25) is 0 Å². The van der Waals surface area contributed by atoms with E-state index in [2.05, 4.69) is 5.32 Å². The van der Waals surface area contributed by atoms with E-state index in [-0.39, 0.29) is 12.3 Å². The molecule has 0 radical (unpaired) electrons.